The van der Waals surface area contributed by atoms with Gasteiger partial charge < -0.3 is 10.2 Å². The standard InChI is InChI=1S/C23H38N4O2/c1-18(2)20-9-7-19(8-10-20)15-25(6)17-22(29)27-13-11-26(12-14-27)16-21(28)24-23(3,4)5/h7-10,18H,11-17H2,1-6H3,(H,24,28). The number of rotatable bonds is 7. The lowest BCUT2D eigenvalue weighted by atomic mass is 10.0. The van der Waals surface area contributed by atoms with E-state index in [9.17, 15) is 9.59 Å². The van der Waals surface area contributed by atoms with Gasteiger partial charge >= 0.3 is 0 Å². The van der Waals surface area contributed by atoms with Crippen molar-refractivity contribution in [3.05, 3.63) is 35.4 Å². The first-order valence-corrected chi connectivity index (χ1v) is 10.6. The maximum Gasteiger partial charge on any atom is 0.236 e. The predicted molar refractivity (Wildman–Crippen MR) is 118 cm³/mol. The van der Waals surface area contributed by atoms with E-state index in [0.717, 1.165) is 19.6 Å². The van der Waals surface area contributed by atoms with E-state index in [-0.39, 0.29) is 17.4 Å². The molecule has 0 bridgehead atoms. The Labute approximate surface area is 176 Å². The summed E-state index contributed by atoms with van der Waals surface area (Å²) in [5.74, 6) is 0.729. The van der Waals surface area contributed by atoms with Crippen LogP contribution in [-0.2, 0) is 16.1 Å². The monoisotopic (exact) mass is 402 g/mol. The number of likely N-dealkylation sites (N-methyl/N-ethyl adjacent to an activating group) is 1. The van der Waals surface area contributed by atoms with Crippen LogP contribution >= 0.6 is 0 Å². The third-order valence-corrected chi connectivity index (χ3v) is 5.11. The van der Waals surface area contributed by atoms with E-state index in [1.807, 2.05) is 32.7 Å². The largest absolute Gasteiger partial charge is 0.350 e. The third-order valence-electron chi connectivity index (χ3n) is 5.11. The SMILES string of the molecule is CC(C)c1ccc(CN(C)CC(=O)N2CCN(CC(=O)NC(C)(C)C)CC2)cc1. The normalized spacial score (nSPS) is 15.8. The highest BCUT2D eigenvalue weighted by atomic mass is 16.2. The van der Waals surface area contributed by atoms with Gasteiger partial charge in [0.15, 0.2) is 0 Å². The molecule has 1 saturated heterocycles. The Kier molecular flexibility index (Phi) is 8.23. The van der Waals surface area contributed by atoms with Gasteiger partial charge in [0, 0.05) is 38.3 Å². The average Bonchev–Trinajstić information content (AvgIpc) is 2.61. The number of hydrogen-bond donors (Lipinski definition) is 1. The first kappa shape index (κ1) is 23.4. The smallest absolute Gasteiger partial charge is 0.236 e. The van der Waals surface area contributed by atoms with Gasteiger partial charge in [0.2, 0.25) is 11.8 Å². The molecule has 0 aromatic heterocycles. The van der Waals surface area contributed by atoms with E-state index in [0.29, 0.717) is 32.1 Å². The molecule has 0 aliphatic carbocycles. The molecular formula is C23H38N4O2. The van der Waals surface area contributed by atoms with Crippen LogP contribution in [-0.4, -0.2) is 78.4 Å². The van der Waals surface area contributed by atoms with Gasteiger partial charge in [-0.2, -0.15) is 0 Å². The van der Waals surface area contributed by atoms with Crippen molar-refractivity contribution in [1.29, 1.82) is 0 Å². The van der Waals surface area contributed by atoms with Crippen LogP contribution in [0.2, 0.25) is 0 Å². The fourth-order valence-electron chi connectivity index (χ4n) is 3.52. The first-order chi connectivity index (χ1) is 13.5. The van der Waals surface area contributed by atoms with Crippen LogP contribution in [0.15, 0.2) is 24.3 Å². The van der Waals surface area contributed by atoms with Gasteiger partial charge in [-0.1, -0.05) is 38.1 Å². The number of benzene rings is 1. The van der Waals surface area contributed by atoms with Crippen molar-refractivity contribution in [2.45, 2.75) is 52.6 Å². The van der Waals surface area contributed by atoms with Crippen LogP contribution in [0.25, 0.3) is 0 Å². The molecule has 0 spiro atoms. The molecular weight excluding hydrogens is 364 g/mol. The Morgan fingerprint density at radius 1 is 1.07 bits per heavy atom. The van der Waals surface area contributed by atoms with Gasteiger partial charge in [-0.15, -0.1) is 0 Å². The minimum absolute atomic E-state index is 0.0421. The quantitative estimate of drug-likeness (QED) is 0.760. The summed E-state index contributed by atoms with van der Waals surface area (Å²) in [5.41, 5.74) is 2.34. The molecule has 0 radical (unpaired) electrons. The molecule has 0 atom stereocenters. The van der Waals surface area contributed by atoms with E-state index in [1.165, 1.54) is 11.1 Å². The number of piperazine rings is 1. The number of hydrogen-bond acceptors (Lipinski definition) is 4. The lowest BCUT2D eigenvalue weighted by Gasteiger charge is -2.35. The second-order valence-electron chi connectivity index (χ2n) is 9.52. The minimum atomic E-state index is -0.214. The maximum atomic E-state index is 12.6. The van der Waals surface area contributed by atoms with Crippen LogP contribution in [0.3, 0.4) is 0 Å². The Morgan fingerprint density at radius 2 is 1.66 bits per heavy atom. The van der Waals surface area contributed by atoms with E-state index < -0.39 is 0 Å². The van der Waals surface area contributed by atoms with Gasteiger partial charge in [0.25, 0.3) is 0 Å². The van der Waals surface area contributed by atoms with Crippen molar-refractivity contribution in [2.75, 3.05) is 46.3 Å². The first-order valence-electron chi connectivity index (χ1n) is 10.6. The van der Waals surface area contributed by atoms with Crippen LogP contribution in [0, 0.1) is 0 Å². The minimum Gasteiger partial charge on any atom is -0.350 e. The molecule has 162 valence electrons. The molecule has 0 unspecified atom stereocenters. The molecule has 1 fully saturated rings. The fraction of sp³-hybridized carbons (Fsp3) is 0.652. The zero-order chi connectivity index (χ0) is 21.6. The van der Waals surface area contributed by atoms with Gasteiger partial charge in [-0.05, 0) is 44.9 Å². The molecule has 1 aliphatic rings. The fourth-order valence-corrected chi connectivity index (χ4v) is 3.52. The molecule has 1 heterocycles. The number of amides is 2. The number of nitrogens with zero attached hydrogens (tertiary/aromatic N) is 3. The summed E-state index contributed by atoms with van der Waals surface area (Å²) in [6.07, 6.45) is 0. The summed E-state index contributed by atoms with van der Waals surface area (Å²) in [6, 6.07) is 8.64. The summed E-state index contributed by atoms with van der Waals surface area (Å²) in [7, 11) is 1.99. The van der Waals surface area contributed by atoms with Crippen LogP contribution < -0.4 is 5.32 Å². The summed E-state index contributed by atoms with van der Waals surface area (Å²) in [4.78, 5) is 30.8. The number of carbonyl (C=O) groups excluding carboxylic acids is 2. The highest BCUT2D eigenvalue weighted by Crippen LogP contribution is 2.15. The summed E-state index contributed by atoms with van der Waals surface area (Å²) in [6.45, 7) is 14.7. The lowest BCUT2D eigenvalue weighted by molar-refractivity contribution is -0.134. The molecule has 6 heteroatoms. The van der Waals surface area contributed by atoms with E-state index in [4.69, 9.17) is 0 Å². The van der Waals surface area contributed by atoms with Crippen molar-refractivity contribution in [1.82, 2.24) is 20.0 Å². The predicted octanol–water partition coefficient (Wildman–Crippen LogP) is 2.30. The van der Waals surface area contributed by atoms with Crippen LogP contribution in [0.1, 0.15) is 51.7 Å². The topological polar surface area (TPSA) is 55.9 Å². The molecule has 2 amide bonds. The summed E-state index contributed by atoms with van der Waals surface area (Å²) >= 11 is 0. The van der Waals surface area contributed by atoms with Crippen molar-refractivity contribution < 1.29 is 9.59 Å². The molecule has 1 aliphatic heterocycles. The summed E-state index contributed by atoms with van der Waals surface area (Å²) < 4.78 is 0. The summed E-state index contributed by atoms with van der Waals surface area (Å²) in [5, 5.41) is 2.99. The maximum absolute atomic E-state index is 12.6. The van der Waals surface area contributed by atoms with Gasteiger partial charge in [0.05, 0.1) is 13.1 Å². The van der Waals surface area contributed by atoms with Crippen molar-refractivity contribution >= 4 is 11.8 Å². The second kappa shape index (κ2) is 10.2. The van der Waals surface area contributed by atoms with Crippen LogP contribution in [0.4, 0.5) is 0 Å². The van der Waals surface area contributed by atoms with Crippen LogP contribution in [0.5, 0.6) is 0 Å². The second-order valence-corrected chi connectivity index (χ2v) is 9.52. The van der Waals surface area contributed by atoms with E-state index >= 15 is 0 Å². The Morgan fingerprint density at radius 3 is 2.17 bits per heavy atom. The van der Waals surface area contributed by atoms with E-state index in [1.54, 1.807) is 0 Å². The van der Waals surface area contributed by atoms with Gasteiger partial charge in [-0.3, -0.25) is 19.4 Å². The Balaban J connectivity index is 1.74. The third kappa shape index (κ3) is 8.15. The van der Waals surface area contributed by atoms with Crippen molar-refractivity contribution in [3.63, 3.8) is 0 Å². The van der Waals surface area contributed by atoms with Crippen molar-refractivity contribution in [2.24, 2.45) is 0 Å². The Hall–Kier alpha value is -1.92. The van der Waals surface area contributed by atoms with Gasteiger partial charge in [0.1, 0.15) is 0 Å². The molecule has 0 saturated carbocycles. The number of carbonyl (C=O) groups is 2. The highest BCUT2D eigenvalue weighted by molar-refractivity contribution is 5.79. The lowest BCUT2D eigenvalue weighted by Crippen LogP contribution is -2.54. The van der Waals surface area contributed by atoms with Crippen molar-refractivity contribution in [3.8, 4) is 0 Å². The average molecular weight is 403 g/mol. The van der Waals surface area contributed by atoms with E-state index in [2.05, 4.69) is 53.2 Å². The number of nitrogens with one attached hydrogen (secondary N) is 1. The van der Waals surface area contributed by atoms with Gasteiger partial charge in [-0.25, -0.2) is 0 Å². The molecule has 1 N–H and O–H groups in total. The molecule has 1 aromatic rings. The molecule has 6 nitrogen and oxygen atoms in total. The molecule has 29 heavy (non-hydrogen) atoms. The zero-order valence-corrected chi connectivity index (χ0v) is 19.0. The Bertz CT molecular complexity index is 671. The zero-order valence-electron chi connectivity index (χ0n) is 19.0. The molecule has 2 rings (SSSR count). The highest BCUT2D eigenvalue weighted by Gasteiger charge is 2.24. The molecule has 1 aromatic carbocycles.